The topological polar surface area (TPSA) is 78.1 Å². The third-order valence-electron chi connectivity index (χ3n) is 3.96. The van der Waals surface area contributed by atoms with Gasteiger partial charge in [0.2, 0.25) is 10.0 Å². The molecule has 1 saturated heterocycles. The van der Waals surface area contributed by atoms with Crippen LogP contribution in [0, 0.1) is 12.7 Å². The summed E-state index contributed by atoms with van der Waals surface area (Å²) in [5.74, 6) is 0.141. The van der Waals surface area contributed by atoms with Crippen molar-refractivity contribution in [3.8, 4) is 0 Å². The monoisotopic (exact) mass is 338 g/mol. The molecule has 0 saturated carbocycles. The highest BCUT2D eigenvalue weighted by Crippen LogP contribution is 2.20. The largest absolute Gasteiger partial charge is 0.355 e. The zero-order valence-electron chi connectivity index (χ0n) is 12.8. The van der Waals surface area contributed by atoms with Gasteiger partial charge >= 0.3 is 0 Å². The van der Waals surface area contributed by atoms with E-state index in [9.17, 15) is 12.8 Å². The number of H-pyrrole nitrogens is 1. The van der Waals surface area contributed by atoms with Gasteiger partial charge in [-0.15, -0.1) is 0 Å². The molecule has 1 aromatic carbocycles. The van der Waals surface area contributed by atoms with E-state index in [4.69, 9.17) is 0 Å². The summed E-state index contributed by atoms with van der Waals surface area (Å²) in [6.45, 7) is 3.34. The number of anilines is 1. The molecular weight excluding hydrogens is 319 g/mol. The lowest BCUT2D eigenvalue weighted by Crippen LogP contribution is -2.44. The van der Waals surface area contributed by atoms with Crippen LogP contribution in [0.2, 0.25) is 0 Å². The van der Waals surface area contributed by atoms with Gasteiger partial charge in [0.25, 0.3) is 0 Å². The summed E-state index contributed by atoms with van der Waals surface area (Å²) in [5.41, 5.74) is 0.988. The number of benzene rings is 1. The van der Waals surface area contributed by atoms with Crippen LogP contribution in [0.3, 0.4) is 0 Å². The summed E-state index contributed by atoms with van der Waals surface area (Å²) in [6, 6.07) is 7.18. The Morgan fingerprint density at radius 2 is 2.00 bits per heavy atom. The van der Waals surface area contributed by atoms with Crippen LogP contribution in [0.1, 0.15) is 18.5 Å². The molecule has 6 nitrogen and oxygen atoms in total. The summed E-state index contributed by atoms with van der Waals surface area (Å²) < 4.78 is 40.9. The third kappa shape index (κ3) is 3.53. The Balaban J connectivity index is 1.63. The molecule has 0 bridgehead atoms. The molecule has 0 radical (unpaired) electrons. The smallest absolute Gasteiger partial charge is 0.243 e. The number of aryl methyl sites for hydroxylation is 1. The molecule has 1 fully saturated rings. The lowest BCUT2D eigenvalue weighted by Gasteiger charge is -2.32. The first kappa shape index (κ1) is 15.9. The maximum Gasteiger partial charge on any atom is 0.243 e. The van der Waals surface area contributed by atoms with Crippen LogP contribution in [-0.4, -0.2) is 37.7 Å². The standard InChI is InChI=1S/C15H19FN4O2S/c1-11-10-15(18-17-11)20-8-6-12(7-9-20)19-23(21,22)14-5-3-2-4-13(14)16/h2-5,10,12,19H,6-9H2,1H3,(H,17,18). The molecule has 2 N–H and O–H groups in total. The first-order valence-corrected chi connectivity index (χ1v) is 8.98. The van der Waals surface area contributed by atoms with Crippen molar-refractivity contribution >= 4 is 15.8 Å². The van der Waals surface area contributed by atoms with Gasteiger partial charge in [-0.25, -0.2) is 17.5 Å². The van der Waals surface area contributed by atoms with E-state index in [-0.39, 0.29) is 10.9 Å². The summed E-state index contributed by atoms with van der Waals surface area (Å²) in [5, 5.41) is 7.11. The number of nitrogens with one attached hydrogen (secondary N) is 2. The Bertz CT molecular complexity index is 782. The summed E-state index contributed by atoms with van der Waals surface area (Å²) >= 11 is 0. The quantitative estimate of drug-likeness (QED) is 0.891. The van der Waals surface area contributed by atoms with Crippen molar-refractivity contribution in [2.45, 2.75) is 30.7 Å². The number of rotatable bonds is 4. The van der Waals surface area contributed by atoms with Crippen LogP contribution in [0.5, 0.6) is 0 Å². The lowest BCUT2D eigenvalue weighted by atomic mass is 10.1. The molecule has 0 aliphatic carbocycles. The van der Waals surface area contributed by atoms with Crippen molar-refractivity contribution in [1.29, 1.82) is 0 Å². The zero-order chi connectivity index (χ0) is 16.4. The minimum atomic E-state index is -3.83. The Morgan fingerprint density at radius 3 is 2.61 bits per heavy atom. The zero-order valence-corrected chi connectivity index (χ0v) is 13.6. The number of hydrogen-bond acceptors (Lipinski definition) is 4. The molecular formula is C15H19FN4O2S. The Kier molecular flexibility index (Phi) is 4.36. The van der Waals surface area contributed by atoms with E-state index in [0.717, 1.165) is 17.6 Å². The average molecular weight is 338 g/mol. The summed E-state index contributed by atoms with van der Waals surface area (Å²) in [6.07, 6.45) is 1.30. The number of sulfonamides is 1. The molecule has 8 heteroatoms. The van der Waals surface area contributed by atoms with Gasteiger partial charge in [-0.2, -0.15) is 5.10 Å². The van der Waals surface area contributed by atoms with E-state index in [1.54, 1.807) is 0 Å². The molecule has 2 heterocycles. The first-order valence-electron chi connectivity index (χ1n) is 7.49. The van der Waals surface area contributed by atoms with Crippen LogP contribution in [0.25, 0.3) is 0 Å². The Hall–Kier alpha value is -1.93. The predicted octanol–water partition coefficient (Wildman–Crippen LogP) is 1.80. The van der Waals surface area contributed by atoms with Crippen molar-refractivity contribution in [2.75, 3.05) is 18.0 Å². The van der Waals surface area contributed by atoms with Crippen LogP contribution in [0.4, 0.5) is 10.2 Å². The first-order chi connectivity index (χ1) is 11.0. The normalized spacial score (nSPS) is 16.7. The van der Waals surface area contributed by atoms with E-state index in [2.05, 4.69) is 19.8 Å². The highest BCUT2D eigenvalue weighted by atomic mass is 32.2. The van der Waals surface area contributed by atoms with Gasteiger partial charge < -0.3 is 4.90 Å². The van der Waals surface area contributed by atoms with Gasteiger partial charge in [0.1, 0.15) is 10.7 Å². The van der Waals surface area contributed by atoms with E-state index < -0.39 is 15.8 Å². The van der Waals surface area contributed by atoms with E-state index in [1.165, 1.54) is 18.2 Å². The van der Waals surface area contributed by atoms with Crippen molar-refractivity contribution in [3.63, 3.8) is 0 Å². The maximum atomic E-state index is 13.7. The van der Waals surface area contributed by atoms with E-state index in [1.807, 2.05) is 13.0 Å². The number of nitrogens with zero attached hydrogens (tertiary/aromatic N) is 2. The summed E-state index contributed by atoms with van der Waals surface area (Å²) in [7, 11) is -3.83. The molecule has 23 heavy (non-hydrogen) atoms. The molecule has 0 unspecified atom stereocenters. The highest BCUT2D eigenvalue weighted by Gasteiger charge is 2.26. The molecule has 0 atom stereocenters. The predicted molar refractivity (Wildman–Crippen MR) is 85.3 cm³/mol. The SMILES string of the molecule is Cc1cc(N2CCC(NS(=O)(=O)c3ccccc3F)CC2)n[nH]1. The van der Waals surface area contributed by atoms with Gasteiger partial charge in [-0.05, 0) is 31.9 Å². The van der Waals surface area contributed by atoms with Gasteiger partial charge in [-0.3, -0.25) is 5.10 Å². The van der Waals surface area contributed by atoms with Crippen molar-refractivity contribution in [1.82, 2.24) is 14.9 Å². The molecule has 0 amide bonds. The van der Waals surface area contributed by atoms with Crippen LogP contribution in [-0.2, 0) is 10.0 Å². The van der Waals surface area contributed by atoms with Crippen LogP contribution in [0.15, 0.2) is 35.2 Å². The van der Waals surface area contributed by atoms with Crippen molar-refractivity contribution in [2.24, 2.45) is 0 Å². The minimum absolute atomic E-state index is 0.198. The number of aromatic nitrogens is 2. The van der Waals surface area contributed by atoms with Crippen molar-refractivity contribution < 1.29 is 12.8 Å². The number of aromatic amines is 1. The van der Waals surface area contributed by atoms with Gasteiger partial charge in [-0.1, -0.05) is 12.1 Å². The maximum absolute atomic E-state index is 13.7. The Labute approximate surface area is 134 Å². The number of piperidine rings is 1. The summed E-state index contributed by atoms with van der Waals surface area (Å²) in [4.78, 5) is 1.81. The van der Waals surface area contributed by atoms with Gasteiger partial charge in [0.05, 0.1) is 0 Å². The second-order valence-corrected chi connectivity index (χ2v) is 7.40. The number of hydrogen-bond donors (Lipinski definition) is 2. The molecule has 1 aromatic heterocycles. The fourth-order valence-electron chi connectivity index (χ4n) is 2.74. The van der Waals surface area contributed by atoms with Crippen molar-refractivity contribution in [3.05, 3.63) is 41.8 Å². The van der Waals surface area contributed by atoms with Gasteiger partial charge in [0.15, 0.2) is 5.82 Å². The van der Waals surface area contributed by atoms with E-state index >= 15 is 0 Å². The van der Waals surface area contributed by atoms with Gasteiger partial charge in [0, 0.05) is 30.9 Å². The lowest BCUT2D eigenvalue weighted by molar-refractivity contribution is 0.456. The fourth-order valence-corrected chi connectivity index (χ4v) is 4.12. The third-order valence-corrected chi connectivity index (χ3v) is 5.51. The van der Waals surface area contributed by atoms with E-state index in [0.29, 0.717) is 25.9 Å². The average Bonchev–Trinajstić information content (AvgIpc) is 2.94. The molecule has 124 valence electrons. The molecule has 2 aromatic rings. The molecule has 1 aliphatic heterocycles. The molecule has 0 spiro atoms. The second kappa shape index (κ2) is 6.29. The highest BCUT2D eigenvalue weighted by molar-refractivity contribution is 7.89. The molecule has 1 aliphatic rings. The minimum Gasteiger partial charge on any atom is -0.355 e. The van der Waals surface area contributed by atoms with Crippen LogP contribution >= 0.6 is 0 Å². The number of halogens is 1. The Morgan fingerprint density at radius 1 is 1.30 bits per heavy atom. The second-order valence-electron chi connectivity index (χ2n) is 5.72. The molecule has 3 rings (SSSR count). The van der Waals surface area contributed by atoms with Crippen LogP contribution < -0.4 is 9.62 Å². The fraction of sp³-hybridized carbons (Fsp3) is 0.400.